The smallest absolute Gasteiger partial charge is 0.183 e. The number of rotatable bonds is 4. The second-order valence-electron chi connectivity index (χ2n) is 4.81. The lowest BCUT2D eigenvalue weighted by molar-refractivity contribution is 0.503. The molecule has 0 bridgehead atoms. The van der Waals surface area contributed by atoms with Crippen molar-refractivity contribution in [2.45, 2.75) is 25.4 Å². The van der Waals surface area contributed by atoms with Gasteiger partial charge in [0, 0.05) is 10.9 Å². The van der Waals surface area contributed by atoms with Gasteiger partial charge in [0.25, 0.3) is 0 Å². The fourth-order valence-corrected chi connectivity index (χ4v) is 2.92. The number of hydrogen-bond donors (Lipinski definition) is 0. The molecule has 3 rings (SSSR count). The molecule has 0 N–H and O–H groups in total. The topological polar surface area (TPSA) is 27.0 Å². The Morgan fingerprint density at radius 3 is 2.65 bits per heavy atom. The van der Waals surface area contributed by atoms with E-state index in [9.17, 15) is 8.78 Å². The highest BCUT2D eigenvalue weighted by atomic mass is 32.1. The van der Waals surface area contributed by atoms with E-state index in [4.69, 9.17) is 5.26 Å². The first-order valence-corrected chi connectivity index (χ1v) is 7.26. The third-order valence-corrected chi connectivity index (χ3v) is 4.25. The zero-order valence-electron chi connectivity index (χ0n) is 10.6. The van der Waals surface area contributed by atoms with Gasteiger partial charge in [-0.1, -0.05) is 6.07 Å². The molecule has 0 saturated heterocycles. The second kappa shape index (κ2) is 5.22. The van der Waals surface area contributed by atoms with Crippen molar-refractivity contribution >= 4 is 17.0 Å². The van der Waals surface area contributed by atoms with Crippen LogP contribution >= 0.6 is 11.3 Å². The van der Waals surface area contributed by atoms with Crippen LogP contribution < -0.4 is 4.90 Å². The average molecular weight is 290 g/mol. The molecule has 0 atom stereocenters. The lowest BCUT2D eigenvalue weighted by Gasteiger charge is -2.24. The van der Waals surface area contributed by atoms with E-state index >= 15 is 0 Å². The summed E-state index contributed by atoms with van der Waals surface area (Å²) in [5.74, 6) is -1.98. The van der Waals surface area contributed by atoms with Gasteiger partial charge in [-0.2, -0.15) is 5.26 Å². The average Bonchev–Trinajstić information content (AvgIpc) is 3.17. The first-order valence-electron chi connectivity index (χ1n) is 6.38. The van der Waals surface area contributed by atoms with Crippen molar-refractivity contribution < 1.29 is 8.78 Å². The summed E-state index contributed by atoms with van der Waals surface area (Å²) in [5, 5.41) is 10.7. The first kappa shape index (κ1) is 13.1. The summed E-state index contributed by atoms with van der Waals surface area (Å²) >= 11 is 1.60. The van der Waals surface area contributed by atoms with E-state index in [1.165, 1.54) is 12.1 Å². The summed E-state index contributed by atoms with van der Waals surface area (Å²) in [6.07, 6.45) is 1.98. The van der Waals surface area contributed by atoms with Crippen molar-refractivity contribution in [1.82, 2.24) is 0 Å². The molecule has 1 aliphatic carbocycles. The summed E-state index contributed by atoms with van der Waals surface area (Å²) in [5.41, 5.74) is -0.00415. The van der Waals surface area contributed by atoms with E-state index in [0.717, 1.165) is 17.7 Å². The van der Waals surface area contributed by atoms with Crippen LogP contribution in [0.1, 0.15) is 23.3 Å². The summed E-state index contributed by atoms with van der Waals surface area (Å²) < 4.78 is 27.9. The lowest BCUT2D eigenvalue weighted by Crippen LogP contribution is -2.26. The number of anilines is 1. The van der Waals surface area contributed by atoms with Gasteiger partial charge in [-0.25, -0.2) is 8.78 Å². The molecule has 20 heavy (non-hydrogen) atoms. The predicted molar refractivity (Wildman–Crippen MR) is 74.6 cm³/mol. The van der Waals surface area contributed by atoms with Crippen molar-refractivity contribution in [3.63, 3.8) is 0 Å². The first-order chi connectivity index (χ1) is 9.70. The van der Waals surface area contributed by atoms with Gasteiger partial charge in [-0.3, -0.25) is 0 Å². The maximum Gasteiger partial charge on any atom is 0.183 e. The SMILES string of the molecule is N#Cc1ccc(N(Cc2cccs2)C2CC2)c(F)c1F. The molecule has 1 aliphatic rings. The molecule has 1 heterocycles. The summed E-state index contributed by atoms with van der Waals surface area (Å²) in [4.78, 5) is 3.01. The van der Waals surface area contributed by atoms with Gasteiger partial charge in [0.05, 0.1) is 17.8 Å². The Kier molecular flexibility index (Phi) is 3.41. The molecular formula is C15H12F2N2S. The van der Waals surface area contributed by atoms with E-state index in [1.807, 2.05) is 22.4 Å². The number of benzene rings is 1. The third kappa shape index (κ3) is 2.39. The maximum absolute atomic E-state index is 14.2. The van der Waals surface area contributed by atoms with Crippen LogP contribution in [0.2, 0.25) is 0 Å². The number of halogens is 2. The molecule has 2 nitrogen and oxygen atoms in total. The molecule has 1 aromatic carbocycles. The van der Waals surface area contributed by atoms with Crippen LogP contribution in [-0.2, 0) is 6.54 Å². The Bertz CT molecular complexity index is 657. The van der Waals surface area contributed by atoms with Crippen LogP contribution in [0.25, 0.3) is 0 Å². The Hall–Kier alpha value is -1.93. The highest BCUT2D eigenvalue weighted by Crippen LogP contribution is 2.36. The summed E-state index contributed by atoms with van der Waals surface area (Å²) in [7, 11) is 0. The van der Waals surface area contributed by atoms with Gasteiger partial charge >= 0.3 is 0 Å². The Balaban J connectivity index is 1.96. The van der Waals surface area contributed by atoms with Gasteiger partial charge < -0.3 is 4.90 Å². The van der Waals surface area contributed by atoms with E-state index < -0.39 is 11.6 Å². The molecular weight excluding hydrogens is 278 g/mol. The van der Waals surface area contributed by atoms with Crippen molar-refractivity contribution in [3.8, 4) is 6.07 Å². The minimum absolute atomic E-state index is 0.248. The zero-order chi connectivity index (χ0) is 14.1. The normalized spacial score (nSPS) is 14.1. The molecule has 1 fully saturated rings. The van der Waals surface area contributed by atoms with Crippen LogP contribution in [0.15, 0.2) is 29.6 Å². The van der Waals surface area contributed by atoms with E-state index in [1.54, 1.807) is 17.4 Å². The van der Waals surface area contributed by atoms with Gasteiger partial charge in [-0.15, -0.1) is 11.3 Å². The molecule has 0 unspecified atom stereocenters. The molecule has 1 aromatic heterocycles. The minimum atomic E-state index is -1.05. The molecule has 0 aliphatic heterocycles. The van der Waals surface area contributed by atoms with Crippen LogP contribution in [0, 0.1) is 23.0 Å². The summed E-state index contributed by atoms with van der Waals surface area (Å²) in [6, 6.07) is 8.70. The highest BCUT2D eigenvalue weighted by Gasteiger charge is 2.32. The van der Waals surface area contributed by atoms with Gasteiger partial charge in [-0.05, 0) is 36.4 Å². The molecule has 0 spiro atoms. The quantitative estimate of drug-likeness (QED) is 0.848. The van der Waals surface area contributed by atoms with Crippen LogP contribution in [0.3, 0.4) is 0 Å². The highest BCUT2D eigenvalue weighted by molar-refractivity contribution is 7.09. The Morgan fingerprint density at radius 1 is 1.25 bits per heavy atom. The molecule has 102 valence electrons. The third-order valence-electron chi connectivity index (χ3n) is 3.39. The van der Waals surface area contributed by atoms with Crippen molar-refractivity contribution in [2.24, 2.45) is 0 Å². The number of hydrogen-bond acceptors (Lipinski definition) is 3. The van der Waals surface area contributed by atoms with Gasteiger partial charge in [0.2, 0.25) is 0 Å². The van der Waals surface area contributed by atoms with E-state index in [2.05, 4.69) is 0 Å². The van der Waals surface area contributed by atoms with Crippen molar-refractivity contribution in [1.29, 1.82) is 5.26 Å². The molecule has 0 amide bonds. The van der Waals surface area contributed by atoms with Crippen LogP contribution in [0.5, 0.6) is 0 Å². The molecule has 0 radical (unpaired) electrons. The van der Waals surface area contributed by atoms with Crippen molar-refractivity contribution in [2.75, 3.05) is 4.90 Å². The predicted octanol–water partition coefficient (Wildman–Crippen LogP) is 4.07. The molecule has 1 saturated carbocycles. The number of thiophene rings is 1. The monoisotopic (exact) mass is 290 g/mol. The van der Waals surface area contributed by atoms with Gasteiger partial charge in [0.15, 0.2) is 11.6 Å². The van der Waals surface area contributed by atoms with Gasteiger partial charge in [0.1, 0.15) is 6.07 Å². The van der Waals surface area contributed by atoms with E-state index in [-0.39, 0.29) is 17.3 Å². The summed E-state index contributed by atoms with van der Waals surface area (Å²) in [6.45, 7) is 0.574. The molecule has 5 heteroatoms. The fraction of sp³-hybridized carbons (Fsp3) is 0.267. The minimum Gasteiger partial charge on any atom is -0.361 e. The zero-order valence-corrected chi connectivity index (χ0v) is 11.5. The Morgan fingerprint density at radius 2 is 2.05 bits per heavy atom. The largest absolute Gasteiger partial charge is 0.361 e. The van der Waals surface area contributed by atoms with Crippen LogP contribution in [-0.4, -0.2) is 6.04 Å². The second-order valence-corrected chi connectivity index (χ2v) is 5.84. The number of nitrogens with zero attached hydrogens (tertiary/aromatic N) is 2. The van der Waals surface area contributed by atoms with E-state index in [0.29, 0.717) is 6.54 Å². The Labute approximate surface area is 119 Å². The maximum atomic E-state index is 14.2. The van der Waals surface area contributed by atoms with Crippen LogP contribution in [0.4, 0.5) is 14.5 Å². The fourth-order valence-electron chi connectivity index (χ4n) is 2.22. The molecule has 2 aromatic rings. The van der Waals surface area contributed by atoms with Crippen molar-refractivity contribution in [3.05, 3.63) is 51.7 Å². The number of nitriles is 1. The standard InChI is InChI=1S/C15H12F2N2S/c16-14-10(8-18)3-6-13(15(14)17)19(11-4-5-11)9-12-2-1-7-20-12/h1-3,6-7,11H,4-5,9H2. The lowest BCUT2D eigenvalue weighted by atomic mass is 10.1.